The van der Waals surface area contributed by atoms with Crippen molar-refractivity contribution in [1.29, 1.82) is 0 Å². The molecule has 0 bridgehead atoms. The molecule has 0 saturated carbocycles. The van der Waals surface area contributed by atoms with Crippen LogP contribution in [0.15, 0.2) is 24.3 Å². The van der Waals surface area contributed by atoms with Gasteiger partial charge in [-0.15, -0.1) is 0 Å². The van der Waals surface area contributed by atoms with Crippen LogP contribution in [-0.2, 0) is 14.3 Å². The topological polar surface area (TPSA) is 95.9 Å². The van der Waals surface area contributed by atoms with E-state index in [4.69, 9.17) is 4.74 Å². The van der Waals surface area contributed by atoms with Gasteiger partial charge in [0, 0.05) is 12.8 Å². The molecule has 0 saturated heterocycles. The molecule has 0 aliphatic heterocycles. The lowest BCUT2D eigenvalue weighted by atomic mass is 10.0. The number of unbranched alkanes of at least 4 members (excludes halogenated alkanes) is 35. The van der Waals surface area contributed by atoms with E-state index in [0.29, 0.717) is 19.4 Å². The molecule has 6 heteroatoms. The van der Waals surface area contributed by atoms with Gasteiger partial charge in [-0.1, -0.05) is 231 Å². The Kier molecular flexibility index (Phi) is 47.6. The summed E-state index contributed by atoms with van der Waals surface area (Å²) in [6.07, 6.45) is 57.5. The molecule has 0 rings (SSSR count). The molecule has 2 unspecified atom stereocenters. The van der Waals surface area contributed by atoms with Crippen LogP contribution in [0.1, 0.15) is 277 Å². The summed E-state index contributed by atoms with van der Waals surface area (Å²) in [4.78, 5) is 24.5. The molecule has 0 spiro atoms. The SMILES string of the molecule is CCCCCCCC/C=C\CCCCCCCCCC(=O)OCCCCCCCCCCCCCCCC(=O)NC(CO)C(O)/C=C/CCCCCCCCCCCC. The van der Waals surface area contributed by atoms with Gasteiger partial charge in [0.05, 0.1) is 25.4 Å². The normalized spacial score (nSPS) is 12.8. The fourth-order valence-electron chi connectivity index (χ4n) is 7.92. The van der Waals surface area contributed by atoms with E-state index in [1.165, 1.54) is 193 Å². The molecule has 0 aromatic rings. The molecule has 0 aliphatic rings. The average Bonchev–Trinajstić information content (AvgIpc) is 3.24. The van der Waals surface area contributed by atoms with Crippen molar-refractivity contribution in [2.75, 3.05) is 13.2 Å². The summed E-state index contributed by atoms with van der Waals surface area (Å²) in [7, 11) is 0. The molecule has 348 valence electrons. The molecular weight excluding hydrogens is 731 g/mol. The van der Waals surface area contributed by atoms with Gasteiger partial charge in [0.15, 0.2) is 0 Å². The first kappa shape index (κ1) is 57.3. The zero-order chi connectivity index (χ0) is 43.0. The summed E-state index contributed by atoms with van der Waals surface area (Å²) >= 11 is 0. The molecule has 0 fully saturated rings. The highest BCUT2D eigenvalue weighted by molar-refractivity contribution is 5.76. The van der Waals surface area contributed by atoms with Gasteiger partial charge >= 0.3 is 5.97 Å². The second kappa shape index (κ2) is 49.0. The highest BCUT2D eigenvalue weighted by atomic mass is 16.5. The first-order valence-corrected chi connectivity index (χ1v) is 26.1. The molecule has 0 aromatic carbocycles. The van der Waals surface area contributed by atoms with E-state index in [-0.39, 0.29) is 18.5 Å². The quantitative estimate of drug-likeness (QED) is 0.0322. The zero-order valence-electron chi connectivity index (χ0n) is 39.5. The van der Waals surface area contributed by atoms with E-state index in [9.17, 15) is 19.8 Å². The number of amides is 1. The van der Waals surface area contributed by atoms with Crippen molar-refractivity contribution in [2.45, 2.75) is 289 Å². The molecule has 0 aromatic heterocycles. The van der Waals surface area contributed by atoms with Crippen LogP contribution in [0.3, 0.4) is 0 Å². The van der Waals surface area contributed by atoms with E-state index in [0.717, 1.165) is 57.8 Å². The summed E-state index contributed by atoms with van der Waals surface area (Å²) in [6, 6.07) is -0.636. The van der Waals surface area contributed by atoms with Crippen molar-refractivity contribution in [3.05, 3.63) is 24.3 Å². The van der Waals surface area contributed by atoms with Gasteiger partial charge in [0.2, 0.25) is 5.91 Å². The zero-order valence-corrected chi connectivity index (χ0v) is 39.5. The summed E-state index contributed by atoms with van der Waals surface area (Å²) in [5, 5.41) is 23.0. The maximum absolute atomic E-state index is 12.4. The Balaban J connectivity index is 3.46. The molecular formula is C53H101NO5. The Labute approximate surface area is 367 Å². The Hall–Kier alpha value is -1.66. The third-order valence-electron chi connectivity index (χ3n) is 12.0. The first-order chi connectivity index (χ1) is 29.0. The lowest BCUT2D eigenvalue weighted by molar-refractivity contribution is -0.143. The molecule has 1 amide bonds. The highest BCUT2D eigenvalue weighted by Crippen LogP contribution is 2.16. The second-order valence-electron chi connectivity index (χ2n) is 17.9. The highest BCUT2D eigenvalue weighted by Gasteiger charge is 2.18. The number of aliphatic hydroxyl groups excluding tert-OH is 2. The van der Waals surface area contributed by atoms with E-state index in [1.807, 2.05) is 6.08 Å². The van der Waals surface area contributed by atoms with E-state index >= 15 is 0 Å². The van der Waals surface area contributed by atoms with Gasteiger partial charge in [-0.25, -0.2) is 0 Å². The number of hydrogen-bond donors (Lipinski definition) is 3. The van der Waals surface area contributed by atoms with Crippen LogP contribution in [0, 0.1) is 0 Å². The van der Waals surface area contributed by atoms with Crippen LogP contribution >= 0.6 is 0 Å². The van der Waals surface area contributed by atoms with Crippen LogP contribution in [0.5, 0.6) is 0 Å². The van der Waals surface area contributed by atoms with Crippen molar-refractivity contribution >= 4 is 11.9 Å². The van der Waals surface area contributed by atoms with Crippen molar-refractivity contribution in [2.24, 2.45) is 0 Å². The minimum atomic E-state index is -0.851. The number of rotatable bonds is 48. The van der Waals surface area contributed by atoms with Gasteiger partial charge in [-0.05, 0) is 57.8 Å². The molecule has 2 atom stereocenters. The predicted octanol–water partition coefficient (Wildman–Crippen LogP) is 15.5. The summed E-state index contributed by atoms with van der Waals surface area (Å²) in [6.45, 7) is 4.86. The first-order valence-electron chi connectivity index (χ1n) is 26.1. The van der Waals surface area contributed by atoms with Crippen LogP contribution < -0.4 is 5.32 Å². The van der Waals surface area contributed by atoms with Crippen LogP contribution in [0.2, 0.25) is 0 Å². The number of nitrogens with one attached hydrogen (secondary N) is 1. The van der Waals surface area contributed by atoms with Crippen LogP contribution in [0.25, 0.3) is 0 Å². The minimum absolute atomic E-state index is 0.0105. The largest absolute Gasteiger partial charge is 0.466 e. The van der Waals surface area contributed by atoms with E-state index in [1.54, 1.807) is 6.08 Å². The molecule has 3 N–H and O–H groups in total. The summed E-state index contributed by atoms with van der Waals surface area (Å²) in [5.41, 5.74) is 0. The van der Waals surface area contributed by atoms with Crippen LogP contribution in [0.4, 0.5) is 0 Å². The minimum Gasteiger partial charge on any atom is -0.466 e. The Morgan fingerprint density at radius 3 is 1.20 bits per heavy atom. The standard InChI is InChI=1S/C53H101NO5/c1-3-5-7-9-11-13-15-17-18-19-20-23-27-31-35-39-43-47-53(58)59-48-44-40-36-32-28-24-21-22-26-30-34-38-42-46-52(57)54-50(49-55)51(56)45-41-37-33-29-25-16-14-12-10-8-6-4-2/h17-18,41,45,50-51,55-56H,3-16,19-40,42-44,46-49H2,1-2H3,(H,54,57)/b18-17-,45-41+. The van der Waals surface area contributed by atoms with Gasteiger partial charge in [-0.2, -0.15) is 0 Å². The lowest BCUT2D eigenvalue weighted by Gasteiger charge is -2.20. The Bertz CT molecular complexity index is 920. The summed E-state index contributed by atoms with van der Waals surface area (Å²) in [5.74, 6) is -0.0922. The maximum Gasteiger partial charge on any atom is 0.305 e. The van der Waals surface area contributed by atoms with Gasteiger partial charge in [-0.3, -0.25) is 9.59 Å². The second-order valence-corrected chi connectivity index (χ2v) is 17.9. The number of hydrogen-bond acceptors (Lipinski definition) is 5. The Morgan fingerprint density at radius 1 is 0.458 bits per heavy atom. The van der Waals surface area contributed by atoms with Crippen molar-refractivity contribution in [3.63, 3.8) is 0 Å². The van der Waals surface area contributed by atoms with Crippen molar-refractivity contribution in [3.8, 4) is 0 Å². The van der Waals surface area contributed by atoms with Gasteiger partial charge < -0.3 is 20.3 Å². The maximum atomic E-state index is 12.4. The van der Waals surface area contributed by atoms with Crippen LogP contribution in [-0.4, -0.2) is 47.4 Å². The fraction of sp³-hybridized carbons (Fsp3) is 0.887. The molecule has 6 nitrogen and oxygen atoms in total. The number of aliphatic hydroxyl groups is 2. The Morgan fingerprint density at radius 2 is 0.797 bits per heavy atom. The molecule has 59 heavy (non-hydrogen) atoms. The van der Waals surface area contributed by atoms with E-state index < -0.39 is 12.1 Å². The monoisotopic (exact) mass is 832 g/mol. The third kappa shape index (κ3) is 45.7. The summed E-state index contributed by atoms with van der Waals surface area (Å²) < 4.78 is 5.47. The number of ether oxygens (including phenoxy) is 1. The molecule has 0 radical (unpaired) electrons. The fourth-order valence-corrected chi connectivity index (χ4v) is 7.92. The number of carbonyl (C=O) groups is 2. The number of allylic oxidation sites excluding steroid dienone is 3. The van der Waals surface area contributed by atoms with Crippen molar-refractivity contribution in [1.82, 2.24) is 5.32 Å². The van der Waals surface area contributed by atoms with E-state index in [2.05, 4.69) is 31.3 Å². The van der Waals surface area contributed by atoms with Crippen molar-refractivity contribution < 1.29 is 24.5 Å². The number of carbonyl (C=O) groups excluding carboxylic acids is 2. The third-order valence-corrected chi connectivity index (χ3v) is 12.0. The van der Waals surface area contributed by atoms with Gasteiger partial charge in [0.25, 0.3) is 0 Å². The smallest absolute Gasteiger partial charge is 0.305 e. The average molecular weight is 832 g/mol. The molecule has 0 heterocycles. The lowest BCUT2D eigenvalue weighted by Crippen LogP contribution is -2.45. The number of esters is 1. The molecule has 0 aliphatic carbocycles. The van der Waals surface area contributed by atoms with Gasteiger partial charge in [0.1, 0.15) is 0 Å². The predicted molar refractivity (Wildman–Crippen MR) is 255 cm³/mol.